The van der Waals surface area contributed by atoms with Crippen LogP contribution in [0.5, 0.6) is 0 Å². The molecule has 1 heterocycles. The lowest BCUT2D eigenvalue weighted by molar-refractivity contribution is 0.394. The predicted molar refractivity (Wildman–Crippen MR) is 63.7 cm³/mol. The zero-order chi connectivity index (χ0) is 12.4. The molecule has 0 saturated heterocycles. The molecular formula is C13H15FN2O. The number of aromatic nitrogens is 1. The molecule has 0 aliphatic carbocycles. The van der Waals surface area contributed by atoms with Crippen LogP contribution in [0.1, 0.15) is 25.8 Å². The molecule has 0 aliphatic rings. The van der Waals surface area contributed by atoms with Crippen LogP contribution in [-0.4, -0.2) is 4.98 Å². The van der Waals surface area contributed by atoms with E-state index in [2.05, 4.69) is 4.98 Å². The van der Waals surface area contributed by atoms with Crippen molar-refractivity contribution in [3.05, 3.63) is 42.2 Å². The lowest BCUT2D eigenvalue weighted by Crippen LogP contribution is -2.16. The summed E-state index contributed by atoms with van der Waals surface area (Å²) in [6.07, 6.45) is 1.62. The molecule has 3 nitrogen and oxygen atoms in total. The van der Waals surface area contributed by atoms with Gasteiger partial charge in [-0.25, -0.2) is 9.37 Å². The fourth-order valence-electron chi connectivity index (χ4n) is 1.47. The Morgan fingerprint density at radius 1 is 1.24 bits per heavy atom. The van der Waals surface area contributed by atoms with E-state index in [4.69, 9.17) is 10.2 Å². The molecule has 1 unspecified atom stereocenters. The van der Waals surface area contributed by atoms with Gasteiger partial charge in [-0.2, -0.15) is 0 Å². The zero-order valence-electron chi connectivity index (χ0n) is 9.85. The van der Waals surface area contributed by atoms with Gasteiger partial charge >= 0.3 is 0 Å². The van der Waals surface area contributed by atoms with Gasteiger partial charge in [0.1, 0.15) is 5.82 Å². The van der Waals surface area contributed by atoms with Crippen LogP contribution in [0.25, 0.3) is 11.3 Å². The van der Waals surface area contributed by atoms with Crippen LogP contribution in [-0.2, 0) is 0 Å². The van der Waals surface area contributed by atoms with Crippen LogP contribution in [0, 0.1) is 11.7 Å². The summed E-state index contributed by atoms with van der Waals surface area (Å²) in [4.78, 5) is 4.15. The van der Waals surface area contributed by atoms with Gasteiger partial charge in [0, 0.05) is 5.56 Å². The van der Waals surface area contributed by atoms with E-state index >= 15 is 0 Å². The quantitative estimate of drug-likeness (QED) is 0.887. The number of rotatable bonds is 3. The molecule has 2 aromatic rings. The normalized spacial score (nSPS) is 13.0. The monoisotopic (exact) mass is 234 g/mol. The first-order valence-electron chi connectivity index (χ1n) is 5.55. The second kappa shape index (κ2) is 4.67. The van der Waals surface area contributed by atoms with Gasteiger partial charge in [0.15, 0.2) is 5.76 Å². The maximum Gasteiger partial charge on any atom is 0.212 e. The van der Waals surface area contributed by atoms with Crippen LogP contribution >= 0.6 is 0 Å². The van der Waals surface area contributed by atoms with Crippen molar-refractivity contribution in [2.45, 2.75) is 19.9 Å². The van der Waals surface area contributed by atoms with Gasteiger partial charge in [-0.05, 0) is 30.2 Å². The maximum absolute atomic E-state index is 12.8. The van der Waals surface area contributed by atoms with Crippen LogP contribution < -0.4 is 5.73 Å². The summed E-state index contributed by atoms with van der Waals surface area (Å²) in [5.41, 5.74) is 6.73. The van der Waals surface area contributed by atoms with Crippen molar-refractivity contribution in [3.63, 3.8) is 0 Å². The number of hydrogen-bond donors (Lipinski definition) is 1. The first-order chi connectivity index (χ1) is 8.08. The van der Waals surface area contributed by atoms with E-state index < -0.39 is 0 Å². The first kappa shape index (κ1) is 11.8. The van der Waals surface area contributed by atoms with E-state index in [9.17, 15) is 4.39 Å². The number of nitrogens with zero attached hydrogens (tertiary/aromatic N) is 1. The second-order valence-corrected chi connectivity index (χ2v) is 4.34. The molecule has 0 aliphatic heterocycles. The number of oxazole rings is 1. The van der Waals surface area contributed by atoms with E-state index in [1.807, 2.05) is 13.8 Å². The van der Waals surface area contributed by atoms with Crippen LogP contribution in [0.4, 0.5) is 4.39 Å². The summed E-state index contributed by atoms with van der Waals surface area (Å²) < 4.78 is 18.3. The molecule has 90 valence electrons. The second-order valence-electron chi connectivity index (χ2n) is 4.34. The highest BCUT2D eigenvalue weighted by molar-refractivity contribution is 5.55. The standard InChI is InChI=1S/C13H15FN2O/c1-8(2)12(15)13-16-7-11(17-13)9-3-5-10(14)6-4-9/h3-8,12H,15H2,1-2H3. The fourth-order valence-corrected chi connectivity index (χ4v) is 1.47. The van der Waals surface area contributed by atoms with E-state index in [0.29, 0.717) is 11.7 Å². The number of benzene rings is 1. The van der Waals surface area contributed by atoms with Gasteiger partial charge in [0.2, 0.25) is 5.89 Å². The molecule has 2 rings (SSSR count). The van der Waals surface area contributed by atoms with Gasteiger partial charge in [-0.3, -0.25) is 0 Å². The summed E-state index contributed by atoms with van der Waals surface area (Å²) in [5.74, 6) is 1.11. The Bertz CT molecular complexity index is 490. The number of halogens is 1. The minimum absolute atomic E-state index is 0.218. The Hall–Kier alpha value is -1.68. The third-order valence-corrected chi connectivity index (χ3v) is 2.66. The van der Waals surface area contributed by atoms with E-state index in [-0.39, 0.29) is 17.8 Å². The molecule has 0 bridgehead atoms. The van der Waals surface area contributed by atoms with Crippen molar-refractivity contribution in [2.24, 2.45) is 11.7 Å². The highest BCUT2D eigenvalue weighted by atomic mass is 19.1. The number of hydrogen-bond acceptors (Lipinski definition) is 3. The van der Waals surface area contributed by atoms with Crippen molar-refractivity contribution in [2.75, 3.05) is 0 Å². The maximum atomic E-state index is 12.8. The summed E-state index contributed by atoms with van der Waals surface area (Å²) >= 11 is 0. The summed E-state index contributed by atoms with van der Waals surface area (Å²) in [5, 5.41) is 0. The summed E-state index contributed by atoms with van der Waals surface area (Å²) in [6.45, 7) is 4.01. The average Bonchev–Trinajstić information content (AvgIpc) is 2.78. The highest BCUT2D eigenvalue weighted by Gasteiger charge is 2.16. The minimum Gasteiger partial charge on any atom is -0.439 e. The third kappa shape index (κ3) is 2.53. The van der Waals surface area contributed by atoms with Crippen molar-refractivity contribution in [1.29, 1.82) is 0 Å². The molecule has 2 N–H and O–H groups in total. The predicted octanol–water partition coefficient (Wildman–Crippen LogP) is 3.14. The zero-order valence-corrected chi connectivity index (χ0v) is 9.85. The van der Waals surface area contributed by atoms with Crippen LogP contribution in [0.3, 0.4) is 0 Å². The highest BCUT2D eigenvalue weighted by Crippen LogP contribution is 2.25. The van der Waals surface area contributed by atoms with E-state index in [1.165, 1.54) is 12.1 Å². The number of nitrogens with two attached hydrogens (primary N) is 1. The van der Waals surface area contributed by atoms with E-state index in [0.717, 1.165) is 5.56 Å². The van der Waals surface area contributed by atoms with Gasteiger partial charge in [0.05, 0.1) is 12.2 Å². The van der Waals surface area contributed by atoms with Crippen molar-refractivity contribution in [3.8, 4) is 11.3 Å². The molecule has 0 radical (unpaired) electrons. The van der Waals surface area contributed by atoms with Crippen molar-refractivity contribution >= 4 is 0 Å². The summed E-state index contributed by atoms with van der Waals surface area (Å²) in [6, 6.07) is 5.87. The Labute approximate surface area is 99.5 Å². The first-order valence-corrected chi connectivity index (χ1v) is 5.55. The van der Waals surface area contributed by atoms with Gasteiger partial charge in [-0.1, -0.05) is 13.8 Å². The Balaban J connectivity index is 2.26. The molecule has 17 heavy (non-hydrogen) atoms. The molecule has 0 amide bonds. The Kier molecular flexibility index (Phi) is 3.24. The molecule has 4 heteroatoms. The largest absolute Gasteiger partial charge is 0.439 e. The lowest BCUT2D eigenvalue weighted by atomic mass is 10.1. The van der Waals surface area contributed by atoms with Gasteiger partial charge in [-0.15, -0.1) is 0 Å². The SMILES string of the molecule is CC(C)C(N)c1ncc(-c2ccc(F)cc2)o1. The molecule has 0 saturated carbocycles. The summed E-state index contributed by atoms with van der Waals surface area (Å²) in [7, 11) is 0. The Morgan fingerprint density at radius 2 is 1.88 bits per heavy atom. The fraction of sp³-hybridized carbons (Fsp3) is 0.308. The van der Waals surface area contributed by atoms with Gasteiger partial charge < -0.3 is 10.2 Å². The van der Waals surface area contributed by atoms with Crippen LogP contribution in [0.15, 0.2) is 34.9 Å². The molecule has 1 aromatic carbocycles. The van der Waals surface area contributed by atoms with Crippen molar-refractivity contribution in [1.82, 2.24) is 4.98 Å². The molecular weight excluding hydrogens is 219 g/mol. The van der Waals surface area contributed by atoms with Crippen LogP contribution in [0.2, 0.25) is 0 Å². The molecule has 1 aromatic heterocycles. The average molecular weight is 234 g/mol. The topological polar surface area (TPSA) is 52.0 Å². The minimum atomic E-state index is -0.271. The Morgan fingerprint density at radius 3 is 2.47 bits per heavy atom. The van der Waals surface area contributed by atoms with E-state index in [1.54, 1.807) is 18.3 Å². The lowest BCUT2D eigenvalue weighted by Gasteiger charge is -2.10. The molecule has 1 atom stereocenters. The third-order valence-electron chi connectivity index (χ3n) is 2.66. The van der Waals surface area contributed by atoms with Gasteiger partial charge in [0.25, 0.3) is 0 Å². The molecule has 0 spiro atoms. The van der Waals surface area contributed by atoms with Crippen molar-refractivity contribution < 1.29 is 8.81 Å². The smallest absolute Gasteiger partial charge is 0.212 e. The molecule has 0 fully saturated rings.